The number of carbonyl (C=O) groups is 3. The Morgan fingerprint density at radius 1 is 0.362 bits per heavy atom. The van der Waals surface area contributed by atoms with Crippen molar-refractivity contribution in [2.75, 3.05) is 0 Å². The number of aromatic hydroxyl groups is 1. The lowest BCUT2D eigenvalue weighted by molar-refractivity contribution is 0.0696. The minimum Gasteiger partial charge on any atom is -0.507 e. The molecule has 9 aromatic carbocycles. The summed E-state index contributed by atoms with van der Waals surface area (Å²) in [5.41, 5.74) is 9.95. The number of aromatic carboxylic acids is 1. The van der Waals surface area contributed by atoms with Gasteiger partial charge in [-0.2, -0.15) is 10.2 Å². The van der Waals surface area contributed by atoms with Gasteiger partial charge in [0, 0.05) is 22.3 Å². The molecule has 0 atom stereocenters. The van der Waals surface area contributed by atoms with Crippen LogP contribution in [0.5, 0.6) is 40.2 Å². The van der Waals surface area contributed by atoms with Crippen LogP contribution in [-0.4, -0.2) is 40.4 Å². The molecule has 9 rings (SSSR count). The van der Waals surface area contributed by atoms with E-state index in [0.717, 1.165) is 45.8 Å². The number of hydrogen-bond acceptors (Lipinski definition) is 12. The Hall–Kier alpha value is -10.7. The molecular weight excluding hydrogens is 1010 g/mol. The second kappa shape index (κ2) is 27.4. The fourth-order valence-corrected chi connectivity index (χ4v) is 7.98. The number of amides is 2. The Kier molecular flexibility index (Phi) is 18.5. The van der Waals surface area contributed by atoms with Crippen LogP contribution in [0.3, 0.4) is 0 Å². The van der Waals surface area contributed by atoms with E-state index in [1.807, 2.05) is 182 Å². The third kappa shape index (κ3) is 15.3. The number of carboxylic acid groups (broad SMARTS) is 1. The number of carbonyl (C=O) groups excluding carboxylic acids is 2. The van der Waals surface area contributed by atoms with Crippen LogP contribution < -0.4 is 39.3 Å². The van der Waals surface area contributed by atoms with Crippen molar-refractivity contribution in [2.24, 2.45) is 10.2 Å². The second-order valence-corrected chi connectivity index (χ2v) is 18.0. The highest BCUT2D eigenvalue weighted by Crippen LogP contribution is 2.42. The maximum atomic E-state index is 14.0. The monoisotopic (exact) mass is 1070 g/mol. The molecule has 0 aromatic heterocycles. The van der Waals surface area contributed by atoms with Gasteiger partial charge in [0.2, 0.25) is 11.5 Å². The minimum atomic E-state index is -1.33. The minimum absolute atomic E-state index is 0.0894. The first-order valence-electron chi connectivity index (χ1n) is 25.4. The van der Waals surface area contributed by atoms with Gasteiger partial charge in [-0.05, 0) is 69.8 Å². The van der Waals surface area contributed by atoms with Gasteiger partial charge in [-0.15, -0.1) is 0 Å². The number of nitrogens with one attached hydrogen (secondary N) is 2. The third-order valence-electron chi connectivity index (χ3n) is 12.1. The first-order valence-corrected chi connectivity index (χ1v) is 25.4. The van der Waals surface area contributed by atoms with Crippen molar-refractivity contribution in [1.82, 2.24) is 10.9 Å². The molecule has 0 aliphatic carbocycles. The zero-order valence-corrected chi connectivity index (χ0v) is 43.1. The highest BCUT2D eigenvalue weighted by atomic mass is 16.5. The van der Waals surface area contributed by atoms with Gasteiger partial charge in [-0.25, -0.2) is 15.6 Å². The fourth-order valence-electron chi connectivity index (χ4n) is 7.98. The van der Waals surface area contributed by atoms with Crippen molar-refractivity contribution < 1.29 is 53.0 Å². The van der Waals surface area contributed by atoms with E-state index < -0.39 is 23.5 Å². The molecule has 400 valence electrons. The SMILES string of the molecule is O=C(O)c1cc(/C=N/NC(=O)c2cc(OCc3ccccc3)c(OCc3ccccc3)c(OCc3ccccc3)c2)c(O)c(/C=N/NC(=O)c2cc(OCc3ccccc3)c(OCc3ccccc3)c(OCc3ccccc3)c2)c1. The molecule has 0 unspecified atom stereocenters. The summed E-state index contributed by atoms with van der Waals surface area (Å²) in [6.07, 6.45) is 2.17. The summed E-state index contributed by atoms with van der Waals surface area (Å²) in [4.78, 5) is 40.3. The summed E-state index contributed by atoms with van der Waals surface area (Å²) in [6, 6.07) is 65.6. The quantitative estimate of drug-likeness (QED) is 0.0314. The number of ether oxygens (including phenoxy) is 6. The molecule has 0 radical (unpaired) electrons. The number of nitrogens with zero attached hydrogens (tertiary/aromatic N) is 2. The van der Waals surface area contributed by atoms with Crippen molar-refractivity contribution in [3.8, 4) is 40.2 Å². The van der Waals surface area contributed by atoms with E-state index in [0.29, 0.717) is 0 Å². The number of phenolic OH excluding ortho intramolecular Hbond substituents is 1. The van der Waals surface area contributed by atoms with Crippen LogP contribution >= 0.6 is 0 Å². The Bertz CT molecular complexity index is 3210. The number of hydrogen-bond donors (Lipinski definition) is 4. The molecule has 0 saturated carbocycles. The van der Waals surface area contributed by atoms with E-state index in [9.17, 15) is 24.6 Å². The predicted molar refractivity (Wildman–Crippen MR) is 303 cm³/mol. The van der Waals surface area contributed by atoms with Crippen LogP contribution in [0, 0.1) is 0 Å². The molecule has 0 aliphatic heterocycles. The van der Waals surface area contributed by atoms with Crippen molar-refractivity contribution in [2.45, 2.75) is 39.6 Å². The predicted octanol–water partition coefficient (Wildman–Crippen LogP) is 12.1. The van der Waals surface area contributed by atoms with E-state index in [4.69, 9.17) is 28.4 Å². The molecule has 0 heterocycles. The van der Waals surface area contributed by atoms with Gasteiger partial charge < -0.3 is 38.6 Å². The first kappa shape index (κ1) is 54.1. The van der Waals surface area contributed by atoms with Gasteiger partial charge in [-0.3, -0.25) is 9.59 Å². The summed E-state index contributed by atoms with van der Waals surface area (Å²) >= 11 is 0. The third-order valence-corrected chi connectivity index (χ3v) is 12.1. The molecule has 2 amide bonds. The number of rotatable bonds is 25. The lowest BCUT2D eigenvalue weighted by Gasteiger charge is -2.19. The lowest BCUT2D eigenvalue weighted by atomic mass is 10.1. The molecule has 15 heteroatoms. The normalized spacial score (nSPS) is 10.9. The summed E-state index contributed by atoms with van der Waals surface area (Å²) in [7, 11) is 0. The summed E-state index contributed by atoms with van der Waals surface area (Å²) < 4.78 is 38.0. The van der Waals surface area contributed by atoms with Crippen molar-refractivity contribution >= 4 is 30.2 Å². The summed E-state index contributed by atoms with van der Waals surface area (Å²) in [5, 5.41) is 29.7. The van der Waals surface area contributed by atoms with E-state index in [1.54, 1.807) is 0 Å². The molecular formula is C65H54N4O11. The molecule has 0 bridgehead atoms. The van der Waals surface area contributed by atoms with E-state index in [1.165, 1.54) is 36.4 Å². The zero-order valence-electron chi connectivity index (χ0n) is 43.1. The number of hydrazone groups is 2. The highest BCUT2D eigenvalue weighted by Gasteiger charge is 2.22. The Balaban J connectivity index is 0.959. The first-order chi connectivity index (χ1) is 39.2. The van der Waals surface area contributed by atoms with E-state index >= 15 is 0 Å². The Morgan fingerprint density at radius 2 is 0.613 bits per heavy atom. The highest BCUT2D eigenvalue weighted by molar-refractivity contribution is 6.00. The van der Waals surface area contributed by atoms with E-state index in [-0.39, 0.29) is 102 Å². The largest absolute Gasteiger partial charge is 0.507 e. The number of phenols is 1. The molecule has 0 fully saturated rings. The smallest absolute Gasteiger partial charge is 0.335 e. The van der Waals surface area contributed by atoms with Gasteiger partial charge in [0.05, 0.1) is 18.0 Å². The maximum Gasteiger partial charge on any atom is 0.335 e. The van der Waals surface area contributed by atoms with Gasteiger partial charge >= 0.3 is 5.97 Å². The van der Waals surface area contributed by atoms with Gasteiger partial charge in [0.25, 0.3) is 11.8 Å². The standard InChI is InChI=1S/C65H54N4O11/c70-60-54(37-66-68-63(71)51-33-56(75-39-45-19-7-1-8-20-45)61(79-43-49-27-15-5-16-28-49)57(34-51)76-40-46-21-9-2-10-22-46)31-53(65(73)74)32-55(60)38-67-69-64(72)52-35-58(77-41-47-23-11-3-12-24-47)62(80-44-50-29-17-6-18-30-50)59(36-52)78-42-48-25-13-4-14-26-48/h1-38,70H,39-44H2,(H,68,71)(H,69,72)(H,73,74)/b66-37+,67-38+. The second-order valence-electron chi connectivity index (χ2n) is 18.0. The molecule has 4 N–H and O–H groups in total. The molecule has 15 nitrogen and oxygen atoms in total. The molecule has 0 saturated heterocycles. The van der Waals surface area contributed by atoms with Crippen LogP contribution in [0.25, 0.3) is 0 Å². The van der Waals surface area contributed by atoms with Gasteiger partial charge in [0.1, 0.15) is 45.4 Å². The number of carboxylic acids is 1. The van der Waals surface area contributed by atoms with Gasteiger partial charge in [0.15, 0.2) is 23.0 Å². The summed E-state index contributed by atoms with van der Waals surface area (Å²) in [6.45, 7) is 0.934. The van der Waals surface area contributed by atoms with Gasteiger partial charge in [-0.1, -0.05) is 182 Å². The molecule has 0 aliphatic rings. The lowest BCUT2D eigenvalue weighted by Crippen LogP contribution is -2.18. The molecule has 9 aromatic rings. The van der Waals surface area contributed by atoms with Crippen molar-refractivity contribution in [3.05, 3.63) is 280 Å². The molecule has 80 heavy (non-hydrogen) atoms. The van der Waals surface area contributed by atoms with Crippen LogP contribution in [0.4, 0.5) is 0 Å². The average molecular weight is 1070 g/mol. The maximum absolute atomic E-state index is 14.0. The Morgan fingerprint density at radius 3 is 0.863 bits per heavy atom. The van der Waals surface area contributed by atoms with Crippen molar-refractivity contribution in [3.63, 3.8) is 0 Å². The number of benzene rings is 9. The van der Waals surface area contributed by atoms with Crippen LogP contribution in [0.2, 0.25) is 0 Å². The zero-order chi connectivity index (χ0) is 55.3. The van der Waals surface area contributed by atoms with Crippen LogP contribution in [0.1, 0.15) is 75.6 Å². The Labute approximate surface area is 461 Å². The average Bonchev–Trinajstić information content (AvgIpc) is 3.50. The summed E-state index contributed by atoms with van der Waals surface area (Å²) in [5.74, 6) is -1.70. The van der Waals surface area contributed by atoms with Crippen molar-refractivity contribution in [1.29, 1.82) is 0 Å². The molecule has 0 spiro atoms. The fraction of sp³-hybridized carbons (Fsp3) is 0.0923. The van der Waals surface area contributed by atoms with E-state index in [2.05, 4.69) is 21.1 Å². The van der Waals surface area contributed by atoms with Crippen LogP contribution in [-0.2, 0) is 39.6 Å². The topological polar surface area (TPSA) is 196 Å². The van der Waals surface area contributed by atoms with Crippen LogP contribution in [0.15, 0.2) is 229 Å².